The Hall–Kier alpha value is -2.57. The van der Waals surface area contributed by atoms with Crippen LogP contribution in [0, 0.1) is 5.82 Å². The number of rotatable bonds is 4. The first-order valence-corrected chi connectivity index (χ1v) is 6.56. The average molecular weight is 328 g/mol. The van der Waals surface area contributed by atoms with Crippen molar-refractivity contribution in [2.75, 3.05) is 0 Å². The molecular weight excluding hydrogens is 316 g/mol. The highest BCUT2D eigenvalue weighted by atomic mass is 19.4. The van der Waals surface area contributed by atoms with Crippen molar-refractivity contribution in [2.24, 2.45) is 0 Å². The topological polar surface area (TPSA) is 46.5 Å². The zero-order valence-corrected chi connectivity index (χ0v) is 11.9. The van der Waals surface area contributed by atoms with E-state index in [0.717, 1.165) is 19.1 Å². The average Bonchev–Trinajstić information content (AvgIpc) is 2.48. The van der Waals surface area contributed by atoms with Crippen LogP contribution in [0.25, 0.3) is 0 Å². The third kappa shape index (κ3) is 4.00. The lowest BCUT2D eigenvalue weighted by atomic mass is 10.0. The molecule has 0 radical (unpaired) electrons. The highest BCUT2D eigenvalue weighted by Gasteiger charge is 2.36. The number of hydrogen-bond acceptors (Lipinski definition) is 2. The summed E-state index contributed by atoms with van der Waals surface area (Å²) in [7, 11) is 0. The summed E-state index contributed by atoms with van der Waals surface area (Å²) in [4.78, 5) is 10.7. The number of benzene rings is 2. The molecule has 0 spiro atoms. The minimum atomic E-state index is -4.35. The molecule has 7 heteroatoms. The fraction of sp³-hybridized carbons (Fsp3) is 0.188. The molecule has 0 bridgehead atoms. The van der Waals surface area contributed by atoms with Gasteiger partial charge in [-0.05, 0) is 42.8 Å². The Labute approximate surface area is 129 Å². The summed E-state index contributed by atoms with van der Waals surface area (Å²) in [6.45, 7) is 1.04. The second-order valence-corrected chi connectivity index (χ2v) is 4.88. The Morgan fingerprint density at radius 1 is 1.13 bits per heavy atom. The van der Waals surface area contributed by atoms with E-state index in [4.69, 9.17) is 9.84 Å². The van der Waals surface area contributed by atoms with Crippen LogP contribution in [-0.2, 0) is 0 Å². The molecule has 0 aliphatic rings. The predicted molar refractivity (Wildman–Crippen MR) is 74.3 cm³/mol. The number of carbonyl (C=O) groups is 1. The molecule has 0 aliphatic heterocycles. The molecule has 0 saturated carbocycles. The third-order valence-corrected chi connectivity index (χ3v) is 3.28. The highest BCUT2D eigenvalue weighted by molar-refractivity contribution is 5.87. The summed E-state index contributed by atoms with van der Waals surface area (Å²) in [5.74, 6) is -3.85. The summed E-state index contributed by atoms with van der Waals surface area (Å²) in [5, 5.41) is 8.74. The quantitative estimate of drug-likeness (QED) is 0.805. The monoisotopic (exact) mass is 328 g/mol. The molecule has 1 atom stereocenters. The van der Waals surface area contributed by atoms with E-state index in [2.05, 4.69) is 0 Å². The van der Waals surface area contributed by atoms with Gasteiger partial charge in [-0.2, -0.15) is 13.2 Å². The molecule has 0 heterocycles. The van der Waals surface area contributed by atoms with Crippen molar-refractivity contribution in [3.05, 3.63) is 59.4 Å². The van der Waals surface area contributed by atoms with Crippen molar-refractivity contribution in [1.29, 1.82) is 0 Å². The first-order valence-electron chi connectivity index (χ1n) is 6.56. The molecule has 2 aromatic carbocycles. The number of ether oxygens (including phenoxy) is 1. The van der Waals surface area contributed by atoms with Gasteiger partial charge >= 0.3 is 12.1 Å². The Morgan fingerprint density at radius 3 is 2.22 bits per heavy atom. The van der Waals surface area contributed by atoms with Gasteiger partial charge in [0, 0.05) is 0 Å². The molecule has 0 amide bonds. The second kappa shape index (κ2) is 6.28. The van der Waals surface area contributed by atoms with E-state index in [1.807, 2.05) is 0 Å². The summed E-state index contributed by atoms with van der Waals surface area (Å²) in [6.07, 6.45) is -4.35. The van der Waals surface area contributed by atoms with Crippen molar-refractivity contribution in [1.82, 2.24) is 0 Å². The molecular formula is C16H12F4O3. The summed E-state index contributed by atoms with van der Waals surface area (Å²) in [5.41, 5.74) is -0.171. The van der Waals surface area contributed by atoms with Crippen LogP contribution in [0.5, 0.6) is 11.5 Å². The van der Waals surface area contributed by atoms with Crippen LogP contribution in [0.1, 0.15) is 28.8 Å². The Kier molecular flexibility index (Phi) is 4.58. The van der Waals surface area contributed by atoms with Gasteiger partial charge in [0.05, 0.1) is 11.5 Å². The third-order valence-electron chi connectivity index (χ3n) is 3.28. The van der Waals surface area contributed by atoms with Crippen LogP contribution in [-0.4, -0.2) is 17.3 Å². The molecule has 1 unspecified atom stereocenters. The lowest BCUT2D eigenvalue weighted by Crippen LogP contribution is -2.17. The predicted octanol–water partition coefficient (Wildman–Crippen LogP) is 4.98. The molecule has 2 aromatic rings. The second-order valence-electron chi connectivity index (χ2n) is 4.88. The van der Waals surface area contributed by atoms with Gasteiger partial charge in [-0.1, -0.05) is 12.1 Å². The summed E-state index contributed by atoms with van der Waals surface area (Å²) >= 11 is 0. The number of alkyl halides is 3. The molecule has 0 aliphatic carbocycles. The molecule has 122 valence electrons. The first-order chi connectivity index (χ1) is 10.7. The molecule has 0 fully saturated rings. The number of aromatic carboxylic acids is 1. The van der Waals surface area contributed by atoms with Crippen molar-refractivity contribution in [3.8, 4) is 11.5 Å². The minimum Gasteiger partial charge on any atom is -0.478 e. The molecule has 1 N–H and O–H groups in total. The fourth-order valence-electron chi connectivity index (χ4n) is 1.86. The van der Waals surface area contributed by atoms with Gasteiger partial charge < -0.3 is 9.84 Å². The number of halogens is 4. The van der Waals surface area contributed by atoms with Crippen LogP contribution < -0.4 is 4.74 Å². The van der Waals surface area contributed by atoms with Crippen LogP contribution in [0.2, 0.25) is 0 Å². The van der Waals surface area contributed by atoms with E-state index in [9.17, 15) is 22.4 Å². The lowest BCUT2D eigenvalue weighted by Gasteiger charge is -2.16. The van der Waals surface area contributed by atoms with Gasteiger partial charge in [-0.15, -0.1) is 0 Å². The highest BCUT2D eigenvalue weighted by Crippen LogP contribution is 2.35. The van der Waals surface area contributed by atoms with Crippen molar-refractivity contribution >= 4 is 5.97 Å². The van der Waals surface area contributed by atoms with E-state index in [-0.39, 0.29) is 22.6 Å². The van der Waals surface area contributed by atoms with Gasteiger partial charge in [0.15, 0.2) is 11.6 Å². The zero-order valence-electron chi connectivity index (χ0n) is 11.9. The van der Waals surface area contributed by atoms with Crippen molar-refractivity contribution in [3.63, 3.8) is 0 Å². The minimum absolute atomic E-state index is 0.0616. The van der Waals surface area contributed by atoms with Crippen molar-refractivity contribution in [2.45, 2.75) is 19.0 Å². The van der Waals surface area contributed by atoms with Crippen LogP contribution in [0.4, 0.5) is 17.6 Å². The van der Waals surface area contributed by atoms with Gasteiger partial charge in [0.1, 0.15) is 5.75 Å². The SMILES string of the molecule is CC(c1ccc(Oc2ccc(C(=O)O)cc2F)cc1)C(F)(F)F. The Bertz CT molecular complexity index is 708. The largest absolute Gasteiger partial charge is 0.478 e. The number of carboxylic acids is 1. The van der Waals surface area contributed by atoms with E-state index in [1.165, 1.54) is 30.3 Å². The van der Waals surface area contributed by atoms with Gasteiger partial charge in [-0.3, -0.25) is 0 Å². The van der Waals surface area contributed by atoms with Crippen molar-refractivity contribution < 1.29 is 32.2 Å². The molecule has 0 aromatic heterocycles. The van der Waals surface area contributed by atoms with Gasteiger partial charge in [0.2, 0.25) is 0 Å². The normalized spacial score (nSPS) is 12.7. The van der Waals surface area contributed by atoms with Gasteiger partial charge in [0.25, 0.3) is 0 Å². The summed E-state index contributed by atoms with van der Waals surface area (Å²) < 4.78 is 56.8. The molecule has 3 nitrogen and oxygen atoms in total. The lowest BCUT2D eigenvalue weighted by molar-refractivity contribution is -0.146. The summed E-state index contributed by atoms with van der Waals surface area (Å²) in [6, 6.07) is 8.20. The van der Waals surface area contributed by atoms with E-state index in [1.54, 1.807) is 0 Å². The number of carboxylic acid groups (broad SMARTS) is 1. The maximum atomic E-state index is 13.7. The molecule has 2 rings (SSSR count). The Morgan fingerprint density at radius 2 is 1.74 bits per heavy atom. The molecule has 23 heavy (non-hydrogen) atoms. The maximum absolute atomic E-state index is 13.7. The van der Waals surface area contributed by atoms with Crippen LogP contribution in [0.3, 0.4) is 0 Å². The van der Waals surface area contributed by atoms with E-state index in [0.29, 0.717) is 0 Å². The van der Waals surface area contributed by atoms with Crippen LogP contribution in [0.15, 0.2) is 42.5 Å². The zero-order chi connectivity index (χ0) is 17.2. The van der Waals surface area contributed by atoms with Gasteiger partial charge in [-0.25, -0.2) is 9.18 Å². The smallest absolute Gasteiger partial charge is 0.395 e. The maximum Gasteiger partial charge on any atom is 0.395 e. The standard InChI is InChI=1S/C16H12F4O3/c1-9(16(18,19)20)10-2-5-12(6-3-10)23-14-7-4-11(15(21)22)8-13(14)17/h2-9H,1H3,(H,21,22). The first kappa shape index (κ1) is 16.8. The van der Waals surface area contributed by atoms with E-state index < -0.39 is 23.9 Å². The van der Waals surface area contributed by atoms with E-state index >= 15 is 0 Å². The Balaban J connectivity index is 2.17. The van der Waals surface area contributed by atoms with Crippen LogP contribution >= 0.6 is 0 Å². The molecule has 0 saturated heterocycles. The number of hydrogen-bond donors (Lipinski definition) is 1. The fourth-order valence-corrected chi connectivity index (χ4v) is 1.86.